The predicted molar refractivity (Wildman–Crippen MR) is 79.4 cm³/mol. The van der Waals surface area contributed by atoms with E-state index in [1.807, 2.05) is 31.2 Å². The van der Waals surface area contributed by atoms with Gasteiger partial charge in [0.1, 0.15) is 0 Å². The molecular formula is C15H19BrN2O. The van der Waals surface area contributed by atoms with Crippen molar-refractivity contribution in [2.45, 2.75) is 26.7 Å². The fraction of sp³-hybridized carbons (Fsp3) is 0.467. The number of nitriles is 1. The van der Waals surface area contributed by atoms with Crippen molar-refractivity contribution in [3.05, 3.63) is 34.3 Å². The molecule has 2 atom stereocenters. The molecule has 0 heterocycles. The number of carbonyl (C=O) groups excluding carboxylic acids is 1. The molecule has 1 N–H and O–H groups in total. The first-order valence-electron chi connectivity index (χ1n) is 6.48. The minimum absolute atomic E-state index is 0.0320. The van der Waals surface area contributed by atoms with Crippen LogP contribution in [-0.2, 0) is 11.2 Å². The number of hydrogen-bond acceptors (Lipinski definition) is 2. The van der Waals surface area contributed by atoms with E-state index in [2.05, 4.69) is 27.3 Å². The second-order valence-electron chi connectivity index (χ2n) is 4.71. The van der Waals surface area contributed by atoms with Crippen molar-refractivity contribution in [1.82, 2.24) is 5.32 Å². The van der Waals surface area contributed by atoms with Crippen molar-refractivity contribution in [3.8, 4) is 6.07 Å². The molecule has 0 aliphatic carbocycles. The van der Waals surface area contributed by atoms with Gasteiger partial charge < -0.3 is 5.32 Å². The molecule has 1 amide bonds. The summed E-state index contributed by atoms with van der Waals surface area (Å²) in [6.45, 7) is 4.23. The number of amides is 1. The third-order valence-electron chi connectivity index (χ3n) is 3.04. The molecule has 0 radical (unpaired) electrons. The van der Waals surface area contributed by atoms with Crippen LogP contribution < -0.4 is 5.32 Å². The van der Waals surface area contributed by atoms with Crippen LogP contribution in [0, 0.1) is 23.2 Å². The van der Waals surface area contributed by atoms with E-state index >= 15 is 0 Å². The fourth-order valence-electron chi connectivity index (χ4n) is 1.81. The Hall–Kier alpha value is -1.34. The van der Waals surface area contributed by atoms with Crippen molar-refractivity contribution in [1.29, 1.82) is 5.26 Å². The highest BCUT2D eigenvalue weighted by Gasteiger charge is 2.17. The number of carbonyl (C=O) groups is 1. The van der Waals surface area contributed by atoms with Gasteiger partial charge >= 0.3 is 0 Å². The Morgan fingerprint density at radius 3 is 2.84 bits per heavy atom. The van der Waals surface area contributed by atoms with Gasteiger partial charge in [0, 0.05) is 16.9 Å². The van der Waals surface area contributed by atoms with Gasteiger partial charge in [-0.05, 0) is 37.5 Å². The number of hydrogen-bond donors (Lipinski definition) is 1. The Morgan fingerprint density at radius 2 is 2.26 bits per heavy atom. The van der Waals surface area contributed by atoms with Crippen molar-refractivity contribution < 1.29 is 4.79 Å². The molecule has 1 aromatic rings. The molecule has 0 fully saturated rings. The minimum Gasteiger partial charge on any atom is -0.355 e. The Morgan fingerprint density at radius 1 is 1.53 bits per heavy atom. The van der Waals surface area contributed by atoms with E-state index in [1.54, 1.807) is 6.92 Å². The first kappa shape index (κ1) is 15.7. The lowest BCUT2D eigenvalue weighted by Crippen LogP contribution is -2.34. The van der Waals surface area contributed by atoms with E-state index in [0.717, 1.165) is 22.9 Å². The third-order valence-corrected chi connectivity index (χ3v) is 3.53. The minimum atomic E-state index is -0.146. The number of benzene rings is 1. The highest BCUT2D eigenvalue weighted by molar-refractivity contribution is 9.10. The van der Waals surface area contributed by atoms with Gasteiger partial charge in [0.05, 0.1) is 12.0 Å². The molecule has 0 aliphatic rings. The zero-order valence-corrected chi connectivity index (χ0v) is 12.9. The molecular weight excluding hydrogens is 304 g/mol. The van der Waals surface area contributed by atoms with Crippen LogP contribution in [0.1, 0.15) is 25.8 Å². The van der Waals surface area contributed by atoms with Gasteiger partial charge in [-0.15, -0.1) is 0 Å². The molecule has 1 aromatic carbocycles. The van der Waals surface area contributed by atoms with Crippen LogP contribution in [0.2, 0.25) is 0 Å². The number of rotatable bonds is 6. The summed E-state index contributed by atoms with van der Waals surface area (Å²) in [4.78, 5) is 12.1. The quantitative estimate of drug-likeness (QED) is 0.873. The SMILES string of the molecule is CC[C@@H](Cc1cccc(Br)c1)C(=O)NC[C@@H](C)C#N. The van der Waals surface area contributed by atoms with Crippen molar-refractivity contribution in [2.75, 3.05) is 6.54 Å². The Balaban J connectivity index is 2.58. The average Bonchev–Trinajstić information content (AvgIpc) is 2.41. The first-order chi connectivity index (χ1) is 9.06. The van der Waals surface area contributed by atoms with Crippen molar-refractivity contribution >= 4 is 21.8 Å². The predicted octanol–water partition coefficient (Wildman–Crippen LogP) is 3.29. The van der Waals surface area contributed by atoms with Crippen LogP contribution in [0.5, 0.6) is 0 Å². The van der Waals surface area contributed by atoms with E-state index in [4.69, 9.17) is 5.26 Å². The van der Waals surface area contributed by atoms with Gasteiger partial charge in [0.15, 0.2) is 0 Å². The molecule has 1 rings (SSSR count). The number of halogens is 1. The maximum absolute atomic E-state index is 12.1. The second-order valence-corrected chi connectivity index (χ2v) is 5.63. The van der Waals surface area contributed by atoms with Crippen LogP contribution in [0.15, 0.2) is 28.7 Å². The van der Waals surface area contributed by atoms with Crippen molar-refractivity contribution in [2.24, 2.45) is 11.8 Å². The molecule has 3 nitrogen and oxygen atoms in total. The molecule has 0 aromatic heterocycles. The van der Waals surface area contributed by atoms with Gasteiger partial charge in [-0.2, -0.15) is 5.26 Å². The number of nitrogens with one attached hydrogen (secondary N) is 1. The van der Waals surface area contributed by atoms with E-state index in [0.29, 0.717) is 6.54 Å². The zero-order chi connectivity index (χ0) is 14.3. The molecule has 4 heteroatoms. The normalized spacial score (nSPS) is 13.4. The summed E-state index contributed by atoms with van der Waals surface area (Å²) in [5, 5.41) is 11.5. The van der Waals surface area contributed by atoms with Crippen LogP contribution in [-0.4, -0.2) is 12.5 Å². The second kappa shape index (κ2) is 7.96. The summed E-state index contributed by atoms with van der Waals surface area (Å²) in [5.41, 5.74) is 1.14. The summed E-state index contributed by atoms with van der Waals surface area (Å²) in [5.74, 6) is -0.155. The topological polar surface area (TPSA) is 52.9 Å². The standard InChI is InChI=1S/C15H19BrN2O/c1-3-13(15(19)18-10-11(2)9-17)7-12-5-4-6-14(16)8-12/h4-6,8,11,13H,3,7,10H2,1-2H3,(H,18,19)/t11-,13-/m0/s1. The van der Waals surface area contributed by atoms with E-state index in [9.17, 15) is 4.79 Å². The lowest BCUT2D eigenvalue weighted by Gasteiger charge is -2.15. The molecule has 0 bridgehead atoms. The van der Waals surface area contributed by atoms with Gasteiger partial charge in [-0.25, -0.2) is 0 Å². The van der Waals surface area contributed by atoms with Crippen LogP contribution in [0.3, 0.4) is 0 Å². The molecule has 19 heavy (non-hydrogen) atoms. The first-order valence-corrected chi connectivity index (χ1v) is 7.27. The molecule has 0 aliphatic heterocycles. The molecule has 0 spiro atoms. The largest absolute Gasteiger partial charge is 0.355 e. The highest BCUT2D eigenvalue weighted by atomic mass is 79.9. The Labute approximate surface area is 123 Å². The summed E-state index contributed by atoms with van der Waals surface area (Å²) in [6.07, 6.45) is 1.52. The lowest BCUT2D eigenvalue weighted by atomic mass is 9.96. The summed E-state index contributed by atoms with van der Waals surface area (Å²) < 4.78 is 1.03. The van der Waals surface area contributed by atoms with Crippen LogP contribution >= 0.6 is 15.9 Å². The Kier molecular flexibility index (Phi) is 6.58. The van der Waals surface area contributed by atoms with Gasteiger partial charge in [-0.3, -0.25) is 4.79 Å². The number of nitrogens with zero attached hydrogens (tertiary/aromatic N) is 1. The lowest BCUT2D eigenvalue weighted by molar-refractivity contribution is -0.125. The van der Waals surface area contributed by atoms with E-state index < -0.39 is 0 Å². The monoisotopic (exact) mass is 322 g/mol. The third kappa shape index (κ3) is 5.44. The maximum Gasteiger partial charge on any atom is 0.223 e. The van der Waals surface area contributed by atoms with Crippen LogP contribution in [0.4, 0.5) is 0 Å². The highest BCUT2D eigenvalue weighted by Crippen LogP contribution is 2.17. The maximum atomic E-state index is 12.1. The summed E-state index contributed by atoms with van der Waals surface area (Å²) in [6, 6.07) is 10.1. The van der Waals surface area contributed by atoms with Crippen molar-refractivity contribution in [3.63, 3.8) is 0 Å². The zero-order valence-electron chi connectivity index (χ0n) is 11.3. The molecule has 0 unspecified atom stereocenters. The summed E-state index contributed by atoms with van der Waals surface area (Å²) >= 11 is 3.43. The van der Waals surface area contributed by atoms with Gasteiger partial charge in [0.2, 0.25) is 5.91 Å². The molecule has 102 valence electrons. The average molecular weight is 323 g/mol. The van der Waals surface area contributed by atoms with Gasteiger partial charge in [-0.1, -0.05) is 35.0 Å². The molecule has 0 saturated heterocycles. The smallest absolute Gasteiger partial charge is 0.223 e. The van der Waals surface area contributed by atoms with Crippen LogP contribution in [0.25, 0.3) is 0 Å². The Bertz CT molecular complexity index is 467. The fourth-order valence-corrected chi connectivity index (χ4v) is 2.26. The summed E-state index contributed by atoms with van der Waals surface area (Å²) in [7, 11) is 0. The van der Waals surface area contributed by atoms with Gasteiger partial charge in [0.25, 0.3) is 0 Å². The van der Waals surface area contributed by atoms with E-state index in [1.165, 1.54) is 0 Å². The molecule has 0 saturated carbocycles. The van der Waals surface area contributed by atoms with E-state index in [-0.39, 0.29) is 17.7 Å².